The van der Waals surface area contributed by atoms with E-state index in [1.807, 2.05) is 54.4 Å². The summed E-state index contributed by atoms with van der Waals surface area (Å²) in [6.07, 6.45) is 6.14. The summed E-state index contributed by atoms with van der Waals surface area (Å²) in [7, 11) is 1.68. The van der Waals surface area contributed by atoms with Gasteiger partial charge in [0.15, 0.2) is 0 Å². The first-order chi connectivity index (χ1) is 16.0. The van der Waals surface area contributed by atoms with Crippen molar-refractivity contribution >= 4 is 11.8 Å². The molecule has 1 aliphatic heterocycles. The minimum absolute atomic E-state index is 0.00216. The molecule has 1 unspecified atom stereocenters. The molecule has 4 rings (SSSR count). The van der Waals surface area contributed by atoms with E-state index in [2.05, 4.69) is 34.6 Å². The van der Waals surface area contributed by atoms with Gasteiger partial charge in [0.05, 0.1) is 11.8 Å². The van der Waals surface area contributed by atoms with Crippen LogP contribution in [-0.2, 0) is 22.4 Å². The summed E-state index contributed by atoms with van der Waals surface area (Å²) in [5.74, 6) is 0.0834. The highest BCUT2D eigenvalue weighted by molar-refractivity contribution is 5.85. The number of carbonyl (C=O) groups is 2. The van der Waals surface area contributed by atoms with Gasteiger partial charge in [-0.2, -0.15) is 0 Å². The lowest BCUT2D eigenvalue weighted by Crippen LogP contribution is -2.54. The van der Waals surface area contributed by atoms with E-state index >= 15 is 0 Å². The molecule has 1 saturated heterocycles. The predicted octanol–water partition coefficient (Wildman–Crippen LogP) is 4.20. The van der Waals surface area contributed by atoms with Crippen LogP contribution in [0.5, 0.6) is 0 Å². The molecule has 1 atom stereocenters. The van der Waals surface area contributed by atoms with Crippen LogP contribution in [0.25, 0.3) is 11.1 Å². The van der Waals surface area contributed by atoms with Crippen LogP contribution in [0.3, 0.4) is 0 Å². The molecular formula is C28H31N3O2. The first-order valence-electron chi connectivity index (χ1n) is 11.5. The maximum Gasteiger partial charge on any atom is 0.228 e. The maximum absolute atomic E-state index is 13.2. The summed E-state index contributed by atoms with van der Waals surface area (Å²) in [6.45, 7) is 3.17. The van der Waals surface area contributed by atoms with Gasteiger partial charge < -0.3 is 10.2 Å². The molecule has 1 aliphatic rings. The second-order valence-corrected chi connectivity index (χ2v) is 9.06. The fraction of sp³-hybridized carbons (Fsp3) is 0.321. The van der Waals surface area contributed by atoms with Crippen molar-refractivity contribution in [1.82, 2.24) is 15.2 Å². The van der Waals surface area contributed by atoms with Gasteiger partial charge in [-0.1, -0.05) is 60.2 Å². The summed E-state index contributed by atoms with van der Waals surface area (Å²) >= 11 is 0. The molecular weight excluding hydrogens is 410 g/mol. The van der Waals surface area contributed by atoms with Crippen LogP contribution in [-0.4, -0.2) is 41.8 Å². The van der Waals surface area contributed by atoms with Crippen molar-refractivity contribution in [2.75, 3.05) is 20.1 Å². The standard InChI is InChI=1S/C28H31N3O2/c1-21-7-3-8-22(15-21)17-26(32)31-14-6-12-28(20-31,27(33)29-2)18-23-9-4-10-24(16-23)25-11-5-13-30-19-25/h3-5,7-11,13,15-16,19H,6,12,14,17-18,20H2,1-2H3,(H,29,33). The van der Waals surface area contributed by atoms with Crippen LogP contribution in [0.15, 0.2) is 73.1 Å². The van der Waals surface area contributed by atoms with Gasteiger partial charge in [0.25, 0.3) is 0 Å². The molecule has 1 aromatic heterocycles. The van der Waals surface area contributed by atoms with Crippen molar-refractivity contribution in [3.05, 3.63) is 89.7 Å². The molecule has 2 heterocycles. The lowest BCUT2D eigenvalue weighted by molar-refractivity contribution is -0.141. The zero-order valence-electron chi connectivity index (χ0n) is 19.4. The molecule has 0 aliphatic carbocycles. The van der Waals surface area contributed by atoms with Crippen LogP contribution >= 0.6 is 0 Å². The molecule has 5 heteroatoms. The molecule has 0 bridgehead atoms. The molecule has 0 radical (unpaired) electrons. The molecule has 5 nitrogen and oxygen atoms in total. The van der Waals surface area contributed by atoms with Crippen molar-refractivity contribution in [2.45, 2.75) is 32.6 Å². The minimum atomic E-state index is -0.636. The fourth-order valence-electron chi connectivity index (χ4n) is 4.91. The monoisotopic (exact) mass is 441 g/mol. The number of aryl methyl sites for hydroxylation is 1. The van der Waals surface area contributed by atoms with Crippen molar-refractivity contribution in [3.8, 4) is 11.1 Å². The Balaban J connectivity index is 1.56. The van der Waals surface area contributed by atoms with E-state index in [0.717, 1.165) is 40.7 Å². The van der Waals surface area contributed by atoms with E-state index in [1.54, 1.807) is 13.2 Å². The highest BCUT2D eigenvalue weighted by Gasteiger charge is 2.43. The number of benzene rings is 2. The fourth-order valence-corrected chi connectivity index (χ4v) is 4.91. The quantitative estimate of drug-likeness (QED) is 0.624. The smallest absolute Gasteiger partial charge is 0.228 e. The van der Waals surface area contributed by atoms with Crippen LogP contribution in [0.4, 0.5) is 0 Å². The molecule has 170 valence electrons. The molecule has 0 spiro atoms. The van der Waals surface area contributed by atoms with E-state index in [4.69, 9.17) is 0 Å². The van der Waals surface area contributed by atoms with E-state index in [9.17, 15) is 9.59 Å². The topological polar surface area (TPSA) is 62.3 Å². The number of amides is 2. The summed E-state index contributed by atoms with van der Waals surface area (Å²) in [6, 6.07) is 20.3. The van der Waals surface area contributed by atoms with Crippen LogP contribution < -0.4 is 5.32 Å². The summed E-state index contributed by atoms with van der Waals surface area (Å²) in [5.41, 5.74) is 4.74. The van der Waals surface area contributed by atoms with Crippen molar-refractivity contribution in [3.63, 3.8) is 0 Å². The first-order valence-corrected chi connectivity index (χ1v) is 11.5. The number of aromatic nitrogens is 1. The van der Waals surface area contributed by atoms with Gasteiger partial charge in [-0.25, -0.2) is 0 Å². The second kappa shape index (κ2) is 9.99. The molecule has 2 aromatic carbocycles. The zero-order chi connectivity index (χ0) is 23.3. The van der Waals surface area contributed by atoms with Crippen molar-refractivity contribution in [2.24, 2.45) is 5.41 Å². The number of pyridine rings is 1. The Hall–Kier alpha value is -3.47. The number of piperidine rings is 1. The highest BCUT2D eigenvalue weighted by atomic mass is 16.2. The van der Waals surface area contributed by atoms with Gasteiger partial charge in [0, 0.05) is 32.5 Å². The maximum atomic E-state index is 13.2. The van der Waals surface area contributed by atoms with Crippen molar-refractivity contribution < 1.29 is 9.59 Å². The average molecular weight is 442 g/mol. The molecule has 2 amide bonds. The van der Waals surface area contributed by atoms with Crippen LogP contribution in [0.1, 0.15) is 29.5 Å². The van der Waals surface area contributed by atoms with Gasteiger partial charge in [-0.15, -0.1) is 0 Å². The van der Waals surface area contributed by atoms with Crippen LogP contribution in [0, 0.1) is 12.3 Å². The van der Waals surface area contributed by atoms with Gasteiger partial charge >= 0.3 is 0 Å². The van der Waals surface area contributed by atoms with Gasteiger partial charge in [-0.3, -0.25) is 14.6 Å². The molecule has 33 heavy (non-hydrogen) atoms. The summed E-state index contributed by atoms with van der Waals surface area (Å²) in [4.78, 5) is 32.4. The number of rotatable bonds is 6. The number of nitrogens with one attached hydrogen (secondary N) is 1. The SMILES string of the molecule is CNC(=O)C1(Cc2cccc(-c3cccnc3)c2)CCCN(C(=O)Cc2cccc(C)c2)C1. The average Bonchev–Trinajstić information content (AvgIpc) is 2.84. The van der Waals surface area contributed by atoms with Crippen molar-refractivity contribution in [1.29, 1.82) is 0 Å². The van der Waals surface area contributed by atoms with Gasteiger partial charge in [0.2, 0.25) is 11.8 Å². The Kier molecular flexibility index (Phi) is 6.87. The third-order valence-corrected chi connectivity index (χ3v) is 6.54. The van der Waals surface area contributed by atoms with E-state index in [0.29, 0.717) is 25.9 Å². The normalized spacial score (nSPS) is 18.1. The van der Waals surface area contributed by atoms with Gasteiger partial charge in [0.1, 0.15) is 0 Å². The Morgan fingerprint density at radius 1 is 1.03 bits per heavy atom. The number of hydrogen-bond acceptors (Lipinski definition) is 3. The first kappa shape index (κ1) is 22.7. The number of likely N-dealkylation sites (tertiary alicyclic amines) is 1. The molecule has 1 N–H and O–H groups in total. The Labute approximate surface area is 195 Å². The number of carbonyl (C=O) groups excluding carboxylic acids is 2. The third-order valence-electron chi connectivity index (χ3n) is 6.54. The molecule has 0 saturated carbocycles. The largest absolute Gasteiger partial charge is 0.359 e. The number of hydrogen-bond donors (Lipinski definition) is 1. The second-order valence-electron chi connectivity index (χ2n) is 9.06. The van der Waals surface area contributed by atoms with E-state index in [1.165, 1.54) is 0 Å². The molecule has 1 fully saturated rings. The lowest BCUT2D eigenvalue weighted by atomic mass is 9.74. The molecule has 3 aromatic rings. The lowest BCUT2D eigenvalue weighted by Gasteiger charge is -2.41. The highest BCUT2D eigenvalue weighted by Crippen LogP contribution is 2.35. The number of nitrogens with zero attached hydrogens (tertiary/aromatic N) is 2. The summed E-state index contributed by atoms with van der Waals surface area (Å²) in [5, 5.41) is 2.87. The Morgan fingerprint density at radius 2 is 1.82 bits per heavy atom. The van der Waals surface area contributed by atoms with Crippen LogP contribution in [0.2, 0.25) is 0 Å². The third kappa shape index (κ3) is 5.30. The zero-order valence-corrected chi connectivity index (χ0v) is 19.4. The Morgan fingerprint density at radius 3 is 2.58 bits per heavy atom. The minimum Gasteiger partial charge on any atom is -0.359 e. The Bertz CT molecular complexity index is 1130. The summed E-state index contributed by atoms with van der Waals surface area (Å²) < 4.78 is 0. The predicted molar refractivity (Wildman–Crippen MR) is 131 cm³/mol. The van der Waals surface area contributed by atoms with Gasteiger partial charge in [-0.05, 0) is 54.5 Å². The van der Waals surface area contributed by atoms with E-state index in [-0.39, 0.29) is 11.8 Å². The van der Waals surface area contributed by atoms with E-state index < -0.39 is 5.41 Å².